The van der Waals surface area contributed by atoms with Gasteiger partial charge in [0.15, 0.2) is 0 Å². The Kier molecular flexibility index (Phi) is 2.03. The van der Waals surface area contributed by atoms with Crippen LogP contribution in [0.2, 0.25) is 0 Å². The highest BCUT2D eigenvalue weighted by molar-refractivity contribution is 7.19. The lowest BCUT2D eigenvalue weighted by molar-refractivity contribution is -0.136. The monoisotopic (exact) mass is 216 g/mol. The van der Waals surface area contributed by atoms with Gasteiger partial charge in [-0.3, -0.25) is 0 Å². The summed E-state index contributed by atoms with van der Waals surface area (Å²) in [5.41, 5.74) is -0.534. The van der Waals surface area contributed by atoms with Crippen molar-refractivity contribution in [1.82, 2.24) is 0 Å². The highest BCUT2D eigenvalue weighted by atomic mass is 32.1. The first-order chi connectivity index (χ1) is 6.48. The summed E-state index contributed by atoms with van der Waals surface area (Å²) in [6.45, 7) is 1.81. The van der Waals surface area contributed by atoms with Gasteiger partial charge in [0.05, 0.1) is 5.56 Å². The maximum absolute atomic E-state index is 12.5. The van der Waals surface area contributed by atoms with E-state index >= 15 is 0 Å². The second kappa shape index (κ2) is 2.98. The molecule has 0 N–H and O–H groups in total. The maximum atomic E-state index is 12.5. The van der Waals surface area contributed by atoms with Gasteiger partial charge < -0.3 is 0 Å². The molecule has 0 amide bonds. The third-order valence-electron chi connectivity index (χ3n) is 1.97. The molecule has 0 spiro atoms. The lowest BCUT2D eigenvalue weighted by Gasteiger charge is -2.06. The Morgan fingerprint density at radius 3 is 2.57 bits per heavy atom. The summed E-state index contributed by atoms with van der Waals surface area (Å²) in [5.74, 6) is 0. The minimum Gasteiger partial charge on any atom is -0.166 e. The van der Waals surface area contributed by atoms with Crippen molar-refractivity contribution in [3.63, 3.8) is 0 Å². The molecule has 0 saturated carbocycles. The van der Waals surface area contributed by atoms with Crippen LogP contribution in [-0.2, 0) is 6.18 Å². The van der Waals surface area contributed by atoms with E-state index in [0.29, 0.717) is 10.1 Å². The number of hydrogen-bond donors (Lipinski definition) is 0. The molecule has 0 saturated heterocycles. The third-order valence-corrected chi connectivity index (χ3v) is 3.07. The fraction of sp³-hybridized carbons (Fsp3) is 0.200. The molecule has 2 rings (SSSR count). The molecule has 4 heteroatoms. The van der Waals surface area contributed by atoms with Crippen molar-refractivity contribution < 1.29 is 13.2 Å². The largest absolute Gasteiger partial charge is 0.417 e. The van der Waals surface area contributed by atoms with Crippen molar-refractivity contribution in [1.29, 1.82) is 0 Å². The zero-order valence-electron chi connectivity index (χ0n) is 7.35. The Morgan fingerprint density at radius 2 is 1.93 bits per heavy atom. The van der Waals surface area contributed by atoms with E-state index in [-0.39, 0.29) is 0 Å². The average Bonchev–Trinajstić information content (AvgIpc) is 2.41. The van der Waals surface area contributed by atoms with Gasteiger partial charge in [-0.1, -0.05) is 12.1 Å². The highest BCUT2D eigenvalue weighted by Gasteiger charge is 2.32. The molecule has 0 bridgehead atoms. The van der Waals surface area contributed by atoms with E-state index in [0.717, 1.165) is 10.9 Å². The minimum absolute atomic E-state index is 0.331. The van der Waals surface area contributed by atoms with E-state index in [2.05, 4.69) is 0 Å². The van der Waals surface area contributed by atoms with E-state index in [4.69, 9.17) is 0 Å². The number of alkyl halides is 3. The van der Waals surface area contributed by atoms with Gasteiger partial charge in [-0.15, -0.1) is 11.3 Å². The fourth-order valence-electron chi connectivity index (χ4n) is 1.42. The van der Waals surface area contributed by atoms with Crippen molar-refractivity contribution in [2.45, 2.75) is 13.1 Å². The number of halogens is 3. The summed E-state index contributed by atoms with van der Waals surface area (Å²) in [7, 11) is 0. The highest BCUT2D eigenvalue weighted by Crippen LogP contribution is 2.38. The van der Waals surface area contributed by atoms with Crippen molar-refractivity contribution in [2.24, 2.45) is 0 Å². The van der Waals surface area contributed by atoms with Crippen LogP contribution in [0, 0.1) is 6.92 Å². The fourth-order valence-corrected chi connectivity index (χ4v) is 2.46. The van der Waals surface area contributed by atoms with Crippen molar-refractivity contribution in [3.05, 3.63) is 34.7 Å². The van der Waals surface area contributed by atoms with Crippen LogP contribution in [0.3, 0.4) is 0 Å². The van der Waals surface area contributed by atoms with E-state index in [1.54, 1.807) is 12.1 Å². The van der Waals surface area contributed by atoms with Crippen molar-refractivity contribution in [3.8, 4) is 0 Å². The number of benzene rings is 1. The molecular formula is C10H7F3S. The third kappa shape index (κ3) is 1.50. The summed E-state index contributed by atoms with van der Waals surface area (Å²) >= 11 is 1.19. The molecule has 2 aromatic rings. The van der Waals surface area contributed by atoms with Crippen LogP contribution < -0.4 is 0 Å². The SMILES string of the molecule is Cc1cc2cccc(C(F)(F)F)c2s1. The zero-order chi connectivity index (χ0) is 10.3. The predicted octanol–water partition coefficient (Wildman–Crippen LogP) is 4.23. The molecule has 1 aromatic carbocycles. The summed E-state index contributed by atoms with van der Waals surface area (Å²) in [4.78, 5) is 0.900. The maximum Gasteiger partial charge on any atom is 0.417 e. The van der Waals surface area contributed by atoms with Gasteiger partial charge in [-0.05, 0) is 24.4 Å². The number of aryl methyl sites for hydroxylation is 1. The second-order valence-electron chi connectivity index (χ2n) is 3.08. The molecule has 0 unspecified atom stereocenters. The van der Waals surface area contributed by atoms with Crippen molar-refractivity contribution in [2.75, 3.05) is 0 Å². The molecule has 0 aliphatic carbocycles. The molecule has 14 heavy (non-hydrogen) atoms. The predicted molar refractivity (Wildman–Crippen MR) is 51.6 cm³/mol. The molecule has 0 fully saturated rings. The number of thiophene rings is 1. The standard InChI is InChI=1S/C10H7F3S/c1-6-5-7-3-2-4-8(9(7)14-6)10(11,12)13/h2-5H,1H3. The van der Waals surface area contributed by atoms with Gasteiger partial charge in [0.1, 0.15) is 0 Å². The first kappa shape index (κ1) is 9.52. The molecule has 1 aromatic heterocycles. The van der Waals surface area contributed by atoms with Crippen LogP contribution in [0.15, 0.2) is 24.3 Å². The van der Waals surface area contributed by atoms with Gasteiger partial charge in [0.2, 0.25) is 0 Å². The summed E-state index contributed by atoms with van der Waals surface area (Å²) in [6, 6.07) is 6.04. The normalized spacial score (nSPS) is 12.3. The summed E-state index contributed by atoms with van der Waals surface area (Å²) < 4.78 is 37.9. The average molecular weight is 216 g/mol. The van der Waals surface area contributed by atoms with E-state index in [9.17, 15) is 13.2 Å². The molecule has 0 radical (unpaired) electrons. The smallest absolute Gasteiger partial charge is 0.166 e. The molecular weight excluding hydrogens is 209 g/mol. The van der Waals surface area contributed by atoms with E-state index in [1.807, 2.05) is 6.92 Å². The molecule has 1 heterocycles. The van der Waals surface area contributed by atoms with Gasteiger partial charge in [0.25, 0.3) is 0 Å². The van der Waals surface area contributed by atoms with Crippen LogP contribution in [0.25, 0.3) is 10.1 Å². The van der Waals surface area contributed by atoms with Crippen molar-refractivity contribution >= 4 is 21.4 Å². The van der Waals surface area contributed by atoms with Crippen LogP contribution in [0.5, 0.6) is 0 Å². The van der Waals surface area contributed by atoms with Crippen LogP contribution in [0.1, 0.15) is 10.4 Å². The molecule has 0 aliphatic rings. The quantitative estimate of drug-likeness (QED) is 0.618. The Balaban J connectivity index is 2.77. The second-order valence-corrected chi connectivity index (χ2v) is 4.34. The number of rotatable bonds is 0. The first-order valence-corrected chi connectivity index (χ1v) is 4.86. The topological polar surface area (TPSA) is 0 Å². The van der Waals surface area contributed by atoms with E-state index in [1.165, 1.54) is 17.4 Å². The molecule has 0 nitrogen and oxygen atoms in total. The van der Waals surface area contributed by atoms with Crippen LogP contribution in [0.4, 0.5) is 13.2 Å². The zero-order valence-corrected chi connectivity index (χ0v) is 8.17. The molecule has 0 aliphatic heterocycles. The lowest BCUT2D eigenvalue weighted by Crippen LogP contribution is -2.04. The Hall–Kier alpha value is -1.03. The Bertz CT molecular complexity index is 468. The minimum atomic E-state index is -4.25. The summed E-state index contributed by atoms with van der Waals surface area (Å²) in [6.07, 6.45) is -4.25. The van der Waals surface area contributed by atoms with Crippen LogP contribution >= 0.6 is 11.3 Å². The van der Waals surface area contributed by atoms with Gasteiger partial charge >= 0.3 is 6.18 Å². The number of hydrogen-bond acceptors (Lipinski definition) is 1. The Labute approximate surface area is 83.0 Å². The molecule has 74 valence electrons. The Morgan fingerprint density at radius 1 is 1.21 bits per heavy atom. The number of fused-ring (bicyclic) bond motifs is 1. The first-order valence-electron chi connectivity index (χ1n) is 4.05. The molecule has 0 atom stereocenters. The summed E-state index contributed by atoms with van der Waals surface area (Å²) in [5, 5.41) is 0.669. The van der Waals surface area contributed by atoms with E-state index < -0.39 is 11.7 Å². The van der Waals surface area contributed by atoms with Gasteiger partial charge in [-0.2, -0.15) is 13.2 Å². The van der Waals surface area contributed by atoms with Crippen LogP contribution in [-0.4, -0.2) is 0 Å². The van der Waals surface area contributed by atoms with Gasteiger partial charge in [0, 0.05) is 9.58 Å². The van der Waals surface area contributed by atoms with Gasteiger partial charge in [-0.25, -0.2) is 0 Å². The lowest BCUT2D eigenvalue weighted by atomic mass is 10.1.